The summed E-state index contributed by atoms with van der Waals surface area (Å²) in [6.45, 7) is 3.87. The van der Waals surface area contributed by atoms with Crippen LogP contribution in [-0.2, 0) is 6.54 Å². The van der Waals surface area contributed by atoms with Crippen LogP contribution in [0.25, 0.3) is 0 Å². The van der Waals surface area contributed by atoms with Gasteiger partial charge in [-0.2, -0.15) is 5.10 Å². The van der Waals surface area contributed by atoms with Crippen molar-refractivity contribution in [3.8, 4) is 5.88 Å². The van der Waals surface area contributed by atoms with Gasteiger partial charge >= 0.3 is 0 Å². The Morgan fingerprint density at radius 1 is 0.971 bits per heavy atom. The van der Waals surface area contributed by atoms with Gasteiger partial charge in [-0.3, -0.25) is 4.79 Å². The van der Waals surface area contributed by atoms with E-state index in [1.807, 2.05) is 4.68 Å². The molecule has 0 atom stereocenters. The normalized spacial score (nSPS) is 34.4. The van der Waals surface area contributed by atoms with E-state index in [-0.39, 0.29) is 5.91 Å². The molecule has 0 aromatic carbocycles. The Labute approximate surface area is 205 Å². The zero-order chi connectivity index (χ0) is 23.1. The van der Waals surface area contributed by atoms with Gasteiger partial charge in [-0.25, -0.2) is 4.68 Å². The molecule has 6 heteroatoms. The number of likely N-dealkylation sites (tertiary alicyclic amines) is 1. The van der Waals surface area contributed by atoms with Gasteiger partial charge in [0.25, 0.3) is 5.91 Å². The van der Waals surface area contributed by atoms with E-state index in [4.69, 9.17) is 9.84 Å². The SMILES string of the molecule is CN1CCC(Cn2ncc(C(=O)NC3C4CC5CC(C4)CC3C5)c2OCC2CCCCC2)CC1. The molecule has 0 unspecified atom stereocenters. The Hall–Kier alpha value is -1.56. The molecule has 6 fully saturated rings. The monoisotopic (exact) mass is 468 g/mol. The number of piperidine rings is 1. The van der Waals surface area contributed by atoms with Gasteiger partial charge in [-0.15, -0.1) is 0 Å². The summed E-state index contributed by atoms with van der Waals surface area (Å²) in [5.41, 5.74) is 0.664. The molecular weight excluding hydrogens is 424 g/mol. The van der Waals surface area contributed by atoms with Crippen LogP contribution >= 0.6 is 0 Å². The van der Waals surface area contributed by atoms with E-state index in [9.17, 15) is 4.79 Å². The van der Waals surface area contributed by atoms with Crippen molar-refractivity contribution in [3.05, 3.63) is 11.8 Å². The average molecular weight is 469 g/mol. The van der Waals surface area contributed by atoms with Crippen molar-refractivity contribution in [3.63, 3.8) is 0 Å². The van der Waals surface area contributed by atoms with Crippen molar-refractivity contribution >= 4 is 5.91 Å². The fraction of sp³-hybridized carbons (Fsp3) is 0.857. The molecule has 5 saturated carbocycles. The maximum absolute atomic E-state index is 13.6. The van der Waals surface area contributed by atoms with Gasteiger partial charge in [0.15, 0.2) is 0 Å². The lowest BCUT2D eigenvalue weighted by atomic mass is 9.54. The van der Waals surface area contributed by atoms with Crippen LogP contribution in [-0.4, -0.2) is 53.4 Å². The molecular formula is C28H44N4O2. The Morgan fingerprint density at radius 3 is 2.32 bits per heavy atom. The summed E-state index contributed by atoms with van der Waals surface area (Å²) in [7, 11) is 2.20. The number of carbonyl (C=O) groups excluding carboxylic acids is 1. The maximum Gasteiger partial charge on any atom is 0.258 e. The molecule has 1 aromatic heterocycles. The van der Waals surface area contributed by atoms with Crippen LogP contribution in [0.3, 0.4) is 0 Å². The first kappa shape index (κ1) is 22.9. The first-order valence-corrected chi connectivity index (χ1v) is 14.3. The van der Waals surface area contributed by atoms with Gasteiger partial charge in [-0.05, 0) is 113 Å². The van der Waals surface area contributed by atoms with Crippen molar-refractivity contribution in [2.75, 3.05) is 26.7 Å². The lowest BCUT2D eigenvalue weighted by molar-refractivity contribution is -0.0120. The third-order valence-corrected chi connectivity index (χ3v) is 10.0. The number of carbonyl (C=O) groups is 1. The summed E-state index contributed by atoms with van der Waals surface area (Å²) >= 11 is 0. The van der Waals surface area contributed by atoms with Crippen LogP contribution in [0.4, 0.5) is 0 Å². The minimum absolute atomic E-state index is 0.0470. The highest BCUT2D eigenvalue weighted by Crippen LogP contribution is 2.53. The molecule has 0 spiro atoms. The lowest BCUT2D eigenvalue weighted by Crippen LogP contribution is -2.55. The number of aromatic nitrogens is 2. The van der Waals surface area contributed by atoms with E-state index in [1.54, 1.807) is 6.20 Å². The number of nitrogens with one attached hydrogen (secondary N) is 1. The van der Waals surface area contributed by atoms with E-state index in [0.29, 0.717) is 35.3 Å². The summed E-state index contributed by atoms with van der Waals surface area (Å²) < 4.78 is 8.49. The smallest absolute Gasteiger partial charge is 0.258 e. The van der Waals surface area contributed by atoms with Gasteiger partial charge in [0.2, 0.25) is 5.88 Å². The molecule has 6 nitrogen and oxygen atoms in total. The molecule has 4 bridgehead atoms. The van der Waals surface area contributed by atoms with E-state index >= 15 is 0 Å². The standard InChI is InChI=1S/C28H44N4O2/c1-31-9-7-19(8-10-31)17-32-28(34-18-20-5-3-2-4-6-20)25(16-29-32)27(33)30-26-23-12-21-11-22(14-23)15-24(26)13-21/h16,19-24,26H,2-15,17-18H2,1H3,(H,30,33). The molecule has 6 aliphatic rings. The third-order valence-electron chi connectivity index (χ3n) is 10.0. The molecule has 1 N–H and O–H groups in total. The van der Waals surface area contributed by atoms with Gasteiger partial charge < -0.3 is 15.0 Å². The van der Waals surface area contributed by atoms with E-state index in [0.717, 1.165) is 44.0 Å². The topological polar surface area (TPSA) is 59.4 Å². The summed E-state index contributed by atoms with van der Waals surface area (Å²) in [5, 5.41) is 8.22. The predicted octanol–water partition coefficient (Wildman–Crippen LogP) is 4.74. The molecule has 5 aliphatic carbocycles. The van der Waals surface area contributed by atoms with Crippen LogP contribution < -0.4 is 10.1 Å². The zero-order valence-corrected chi connectivity index (χ0v) is 21.1. The number of ether oxygens (including phenoxy) is 1. The van der Waals surface area contributed by atoms with Gasteiger partial charge in [-0.1, -0.05) is 19.3 Å². The van der Waals surface area contributed by atoms with Crippen molar-refractivity contribution < 1.29 is 9.53 Å². The van der Waals surface area contributed by atoms with E-state index < -0.39 is 0 Å². The predicted molar refractivity (Wildman–Crippen MR) is 133 cm³/mol. The second-order valence-corrected chi connectivity index (χ2v) is 12.5. The summed E-state index contributed by atoms with van der Waals surface area (Å²) in [4.78, 5) is 16.0. The zero-order valence-electron chi connectivity index (χ0n) is 21.1. The van der Waals surface area contributed by atoms with Crippen molar-refractivity contribution in [2.24, 2.45) is 35.5 Å². The Morgan fingerprint density at radius 2 is 1.65 bits per heavy atom. The van der Waals surface area contributed by atoms with Gasteiger partial charge in [0.1, 0.15) is 5.56 Å². The molecule has 1 saturated heterocycles. The summed E-state index contributed by atoms with van der Waals surface area (Å²) in [5.74, 6) is 5.19. The van der Waals surface area contributed by atoms with Crippen molar-refractivity contribution in [2.45, 2.75) is 89.6 Å². The quantitative estimate of drug-likeness (QED) is 0.628. The second kappa shape index (κ2) is 9.83. The molecule has 7 rings (SSSR count). The Balaban J connectivity index is 1.17. The lowest BCUT2D eigenvalue weighted by Gasteiger charge is -2.54. The fourth-order valence-electron chi connectivity index (χ4n) is 8.24. The third kappa shape index (κ3) is 4.76. The van der Waals surface area contributed by atoms with E-state index in [1.165, 1.54) is 77.0 Å². The first-order chi connectivity index (χ1) is 16.6. The highest BCUT2D eigenvalue weighted by molar-refractivity contribution is 5.96. The van der Waals surface area contributed by atoms with Crippen molar-refractivity contribution in [1.29, 1.82) is 0 Å². The number of hydrogen-bond donors (Lipinski definition) is 1. The molecule has 188 valence electrons. The largest absolute Gasteiger partial charge is 0.477 e. The Kier molecular flexibility index (Phi) is 6.61. The van der Waals surface area contributed by atoms with Gasteiger partial charge in [0, 0.05) is 12.6 Å². The molecule has 0 radical (unpaired) electrons. The highest BCUT2D eigenvalue weighted by Gasteiger charge is 2.48. The Bertz CT molecular complexity index is 825. The first-order valence-electron chi connectivity index (χ1n) is 14.3. The molecule has 2 heterocycles. The second-order valence-electron chi connectivity index (χ2n) is 12.5. The summed E-state index contributed by atoms with van der Waals surface area (Å²) in [6.07, 6.45) is 17.3. The minimum atomic E-state index is 0.0470. The molecule has 1 aliphatic heterocycles. The van der Waals surface area contributed by atoms with Crippen LogP contribution in [0.5, 0.6) is 5.88 Å². The van der Waals surface area contributed by atoms with Crippen molar-refractivity contribution in [1.82, 2.24) is 20.0 Å². The molecule has 34 heavy (non-hydrogen) atoms. The maximum atomic E-state index is 13.6. The van der Waals surface area contributed by atoms with Crippen LogP contribution in [0.15, 0.2) is 6.20 Å². The number of amides is 1. The minimum Gasteiger partial charge on any atom is -0.477 e. The number of rotatable bonds is 7. The van der Waals surface area contributed by atoms with E-state index in [2.05, 4.69) is 17.3 Å². The average Bonchev–Trinajstić information content (AvgIpc) is 3.24. The summed E-state index contributed by atoms with van der Waals surface area (Å²) in [6, 6.07) is 0.351. The van der Waals surface area contributed by atoms with Gasteiger partial charge in [0.05, 0.1) is 12.8 Å². The molecule has 1 aromatic rings. The number of nitrogens with zero attached hydrogens (tertiary/aromatic N) is 3. The number of hydrogen-bond acceptors (Lipinski definition) is 4. The van der Waals surface area contributed by atoms with Crippen LogP contribution in [0.1, 0.15) is 87.4 Å². The van der Waals surface area contributed by atoms with Crippen LogP contribution in [0.2, 0.25) is 0 Å². The molecule has 1 amide bonds. The highest BCUT2D eigenvalue weighted by atomic mass is 16.5. The van der Waals surface area contributed by atoms with Crippen LogP contribution in [0, 0.1) is 35.5 Å². The fourth-order valence-corrected chi connectivity index (χ4v) is 8.24.